The van der Waals surface area contributed by atoms with Gasteiger partial charge in [-0.15, -0.1) is 0 Å². The monoisotopic (exact) mass is 325 g/mol. The van der Waals surface area contributed by atoms with Crippen molar-refractivity contribution in [1.29, 1.82) is 0 Å². The summed E-state index contributed by atoms with van der Waals surface area (Å²) in [6.07, 6.45) is 4.84. The van der Waals surface area contributed by atoms with E-state index in [0.717, 1.165) is 31.4 Å². The Morgan fingerprint density at radius 1 is 1.25 bits per heavy atom. The maximum absolute atomic E-state index is 12.5. The third-order valence-corrected chi connectivity index (χ3v) is 4.64. The molecule has 24 heavy (non-hydrogen) atoms. The molecule has 0 bridgehead atoms. The molecule has 2 aliphatic heterocycles. The number of urea groups is 1. The number of aromatic nitrogens is 2. The summed E-state index contributed by atoms with van der Waals surface area (Å²) in [5.41, 5.74) is 2.35. The lowest BCUT2D eigenvalue weighted by atomic mass is 9.96. The zero-order valence-corrected chi connectivity index (χ0v) is 13.5. The third-order valence-electron chi connectivity index (χ3n) is 4.64. The molecule has 3 amide bonds. The molecule has 4 rings (SSSR count). The molecule has 2 aliphatic rings. The highest BCUT2D eigenvalue weighted by Crippen LogP contribution is 2.43. The fraction of sp³-hybridized carbons (Fsp3) is 0.353. The molecular formula is C17H19N5O2. The predicted molar refractivity (Wildman–Crippen MR) is 89.9 cm³/mol. The molecule has 1 aromatic heterocycles. The summed E-state index contributed by atoms with van der Waals surface area (Å²) >= 11 is 0. The number of rotatable bonds is 2. The SMILES string of the molecule is Cn1ccc(NC(=O)Nc2cccc3c2C2CCCCN2C3=O)n1. The number of hydrogen-bond acceptors (Lipinski definition) is 3. The van der Waals surface area contributed by atoms with E-state index in [1.54, 1.807) is 24.0 Å². The van der Waals surface area contributed by atoms with Gasteiger partial charge in [-0.25, -0.2) is 4.79 Å². The van der Waals surface area contributed by atoms with Crippen molar-refractivity contribution in [3.05, 3.63) is 41.6 Å². The van der Waals surface area contributed by atoms with Crippen LogP contribution in [0.25, 0.3) is 0 Å². The second-order valence-corrected chi connectivity index (χ2v) is 6.23. The fourth-order valence-electron chi connectivity index (χ4n) is 3.60. The Balaban J connectivity index is 1.59. The van der Waals surface area contributed by atoms with Gasteiger partial charge in [-0.3, -0.25) is 14.8 Å². The minimum Gasteiger partial charge on any atom is -0.331 e. The summed E-state index contributed by atoms with van der Waals surface area (Å²) in [6, 6.07) is 6.95. The van der Waals surface area contributed by atoms with Crippen molar-refractivity contribution < 1.29 is 9.59 Å². The largest absolute Gasteiger partial charge is 0.331 e. The van der Waals surface area contributed by atoms with Crippen LogP contribution in [0, 0.1) is 0 Å². The normalized spacial score (nSPS) is 19.0. The second kappa shape index (κ2) is 5.67. The van der Waals surface area contributed by atoms with E-state index in [1.165, 1.54) is 0 Å². The fourth-order valence-corrected chi connectivity index (χ4v) is 3.60. The van der Waals surface area contributed by atoms with Crippen molar-refractivity contribution in [3.63, 3.8) is 0 Å². The molecule has 0 aliphatic carbocycles. The van der Waals surface area contributed by atoms with E-state index in [1.807, 2.05) is 23.1 Å². The molecule has 7 nitrogen and oxygen atoms in total. The van der Waals surface area contributed by atoms with Crippen LogP contribution in [-0.2, 0) is 7.05 Å². The first kappa shape index (κ1) is 14.7. The van der Waals surface area contributed by atoms with Gasteiger partial charge in [0.25, 0.3) is 5.91 Å². The Morgan fingerprint density at radius 2 is 2.12 bits per heavy atom. The molecule has 1 aromatic carbocycles. The van der Waals surface area contributed by atoms with E-state index >= 15 is 0 Å². The summed E-state index contributed by atoms with van der Waals surface area (Å²) in [6.45, 7) is 0.789. The molecule has 1 atom stereocenters. The van der Waals surface area contributed by atoms with Crippen LogP contribution in [0.2, 0.25) is 0 Å². The molecule has 3 heterocycles. The van der Waals surface area contributed by atoms with Gasteiger partial charge in [0.1, 0.15) is 0 Å². The number of aryl methyl sites for hydroxylation is 1. The van der Waals surface area contributed by atoms with E-state index < -0.39 is 0 Å². The number of nitrogens with zero attached hydrogens (tertiary/aromatic N) is 3. The number of piperidine rings is 1. The van der Waals surface area contributed by atoms with Crippen LogP contribution in [0.15, 0.2) is 30.5 Å². The van der Waals surface area contributed by atoms with Gasteiger partial charge < -0.3 is 10.2 Å². The highest BCUT2D eigenvalue weighted by molar-refractivity contribution is 6.04. The molecular weight excluding hydrogens is 306 g/mol. The summed E-state index contributed by atoms with van der Waals surface area (Å²) < 4.78 is 1.62. The van der Waals surface area contributed by atoms with Crippen molar-refractivity contribution in [2.24, 2.45) is 7.05 Å². The molecule has 1 saturated heterocycles. The molecule has 0 radical (unpaired) electrons. The van der Waals surface area contributed by atoms with Gasteiger partial charge in [0.15, 0.2) is 5.82 Å². The maximum Gasteiger partial charge on any atom is 0.324 e. The van der Waals surface area contributed by atoms with Crippen LogP contribution >= 0.6 is 0 Å². The summed E-state index contributed by atoms with van der Waals surface area (Å²) in [7, 11) is 1.79. The van der Waals surface area contributed by atoms with Gasteiger partial charge in [0.05, 0.1) is 6.04 Å². The molecule has 2 aromatic rings. The number of carbonyl (C=O) groups is 2. The van der Waals surface area contributed by atoms with Gasteiger partial charge in [0.2, 0.25) is 0 Å². The first-order valence-corrected chi connectivity index (χ1v) is 8.15. The first-order chi connectivity index (χ1) is 11.6. The van der Waals surface area contributed by atoms with Crippen LogP contribution < -0.4 is 10.6 Å². The number of fused-ring (bicyclic) bond motifs is 3. The van der Waals surface area contributed by atoms with Crippen molar-refractivity contribution in [3.8, 4) is 0 Å². The standard InChI is InChI=1S/C17H19N5O2/c1-21-10-8-14(20-21)19-17(24)18-12-6-4-5-11-15(12)13-7-2-3-9-22(13)16(11)23/h4-6,8,10,13H,2-3,7,9H2,1H3,(H2,18,19,20,24). The molecule has 7 heteroatoms. The van der Waals surface area contributed by atoms with Crippen molar-refractivity contribution in [2.45, 2.75) is 25.3 Å². The predicted octanol–water partition coefficient (Wildman–Crippen LogP) is 2.74. The minimum absolute atomic E-state index is 0.0727. The van der Waals surface area contributed by atoms with Crippen LogP contribution in [0.1, 0.15) is 41.2 Å². The topological polar surface area (TPSA) is 79.3 Å². The maximum atomic E-state index is 12.5. The van der Waals surface area contributed by atoms with Gasteiger partial charge >= 0.3 is 6.03 Å². The zero-order valence-electron chi connectivity index (χ0n) is 13.5. The molecule has 0 saturated carbocycles. The van der Waals surface area contributed by atoms with Gasteiger partial charge in [0, 0.05) is 42.7 Å². The quantitative estimate of drug-likeness (QED) is 0.891. The van der Waals surface area contributed by atoms with Crippen LogP contribution in [0.5, 0.6) is 0 Å². The van der Waals surface area contributed by atoms with Crippen LogP contribution in [-0.4, -0.2) is 33.2 Å². The van der Waals surface area contributed by atoms with Crippen LogP contribution in [0.4, 0.5) is 16.3 Å². The van der Waals surface area contributed by atoms with Crippen molar-refractivity contribution in [2.75, 3.05) is 17.2 Å². The number of benzene rings is 1. The summed E-state index contributed by atoms with van der Waals surface area (Å²) in [4.78, 5) is 26.7. The minimum atomic E-state index is -0.358. The van der Waals surface area contributed by atoms with E-state index in [0.29, 0.717) is 17.1 Å². The molecule has 1 fully saturated rings. The van der Waals surface area contributed by atoms with Gasteiger partial charge in [-0.1, -0.05) is 6.07 Å². The van der Waals surface area contributed by atoms with Crippen molar-refractivity contribution >= 4 is 23.4 Å². The van der Waals surface area contributed by atoms with Crippen molar-refractivity contribution in [1.82, 2.24) is 14.7 Å². The van der Waals surface area contributed by atoms with E-state index in [9.17, 15) is 9.59 Å². The Labute approximate surface area is 139 Å². The summed E-state index contributed by atoms with van der Waals surface area (Å²) in [5.74, 6) is 0.557. The molecule has 124 valence electrons. The van der Waals surface area contributed by atoms with E-state index in [4.69, 9.17) is 0 Å². The van der Waals surface area contributed by atoms with Gasteiger partial charge in [-0.2, -0.15) is 5.10 Å². The van der Waals surface area contributed by atoms with E-state index in [-0.39, 0.29) is 18.0 Å². The first-order valence-electron chi connectivity index (χ1n) is 8.15. The Bertz CT molecular complexity index is 813. The zero-order chi connectivity index (χ0) is 16.7. The smallest absolute Gasteiger partial charge is 0.324 e. The highest BCUT2D eigenvalue weighted by atomic mass is 16.2. The lowest BCUT2D eigenvalue weighted by Gasteiger charge is -2.30. The Hall–Kier alpha value is -2.83. The Kier molecular flexibility index (Phi) is 3.48. The number of nitrogens with one attached hydrogen (secondary N) is 2. The van der Waals surface area contributed by atoms with Gasteiger partial charge in [-0.05, 0) is 31.4 Å². The molecule has 1 unspecified atom stereocenters. The average molecular weight is 325 g/mol. The lowest BCUT2D eigenvalue weighted by Crippen LogP contribution is -2.32. The number of amides is 3. The second-order valence-electron chi connectivity index (χ2n) is 6.23. The lowest BCUT2D eigenvalue weighted by molar-refractivity contribution is 0.0672. The third kappa shape index (κ3) is 2.42. The van der Waals surface area contributed by atoms with E-state index in [2.05, 4.69) is 15.7 Å². The van der Waals surface area contributed by atoms with Crippen LogP contribution in [0.3, 0.4) is 0 Å². The number of hydrogen-bond donors (Lipinski definition) is 2. The Morgan fingerprint density at radius 3 is 2.92 bits per heavy atom. The molecule has 0 spiro atoms. The number of anilines is 2. The summed E-state index contributed by atoms with van der Waals surface area (Å²) in [5, 5.41) is 9.71. The number of carbonyl (C=O) groups excluding carboxylic acids is 2. The highest BCUT2D eigenvalue weighted by Gasteiger charge is 2.39. The average Bonchev–Trinajstić information content (AvgIpc) is 3.10. The molecule has 2 N–H and O–H groups in total.